The highest BCUT2D eigenvalue weighted by Gasteiger charge is 2.30. The van der Waals surface area contributed by atoms with Crippen molar-refractivity contribution in [1.29, 1.82) is 0 Å². The third kappa shape index (κ3) is 4.89. The molecule has 1 fully saturated rings. The topological polar surface area (TPSA) is 43.4 Å². The molecular formula is C24H32N2O4. The highest BCUT2D eigenvalue weighted by Crippen LogP contribution is 2.38. The van der Waals surface area contributed by atoms with Crippen molar-refractivity contribution < 1.29 is 18.9 Å². The molecule has 30 heavy (non-hydrogen) atoms. The Morgan fingerprint density at radius 1 is 1.00 bits per heavy atom. The summed E-state index contributed by atoms with van der Waals surface area (Å²) in [6.45, 7) is 7.76. The van der Waals surface area contributed by atoms with Gasteiger partial charge < -0.3 is 23.8 Å². The van der Waals surface area contributed by atoms with Gasteiger partial charge in [0.1, 0.15) is 6.61 Å². The van der Waals surface area contributed by atoms with Crippen LogP contribution in [0.25, 0.3) is 0 Å². The van der Waals surface area contributed by atoms with Gasteiger partial charge in [-0.1, -0.05) is 24.3 Å². The minimum Gasteiger partial charge on any atom is -0.493 e. The Kier molecular flexibility index (Phi) is 7.10. The summed E-state index contributed by atoms with van der Waals surface area (Å²) in [5.41, 5.74) is 4.01. The Balaban J connectivity index is 1.48. The molecule has 2 aliphatic rings. The van der Waals surface area contributed by atoms with Crippen molar-refractivity contribution in [2.45, 2.75) is 12.5 Å². The maximum Gasteiger partial charge on any atom is 0.161 e. The van der Waals surface area contributed by atoms with E-state index in [1.807, 2.05) is 6.07 Å². The molecule has 6 heteroatoms. The van der Waals surface area contributed by atoms with Crippen molar-refractivity contribution in [3.63, 3.8) is 0 Å². The van der Waals surface area contributed by atoms with Crippen LogP contribution < -0.4 is 14.4 Å². The SMILES string of the molecule is COCCOc1cc(CN2CC(CN3CCOCC3)c3ccccc32)ccc1OC. The number of nitrogens with zero attached hydrogens (tertiary/aromatic N) is 2. The molecule has 0 saturated carbocycles. The Hall–Kier alpha value is -2.28. The quantitative estimate of drug-likeness (QED) is 0.590. The molecule has 1 unspecified atom stereocenters. The summed E-state index contributed by atoms with van der Waals surface area (Å²) in [7, 11) is 3.35. The average molecular weight is 413 g/mol. The van der Waals surface area contributed by atoms with Gasteiger partial charge in [0.2, 0.25) is 0 Å². The summed E-state index contributed by atoms with van der Waals surface area (Å²) in [6.07, 6.45) is 0. The van der Waals surface area contributed by atoms with Crippen LogP contribution in [0.1, 0.15) is 17.0 Å². The zero-order valence-corrected chi connectivity index (χ0v) is 18.0. The highest BCUT2D eigenvalue weighted by molar-refractivity contribution is 5.61. The fraction of sp³-hybridized carbons (Fsp3) is 0.500. The molecule has 2 aromatic rings. The van der Waals surface area contributed by atoms with Crippen molar-refractivity contribution in [2.24, 2.45) is 0 Å². The van der Waals surface area contributed by atoms with Crippen molar-refractivity contribution in [2.75, 3.05) is 71.7 Å². The second-order valence-electron chi connectivity index (χ2n) is 7.88. The Labute approximate surface area is 179 Å². The molecule has 162 valence electrons. The number of fused-ring (bicyclic) bond motifs is 1. The number of para-hydroxylation sites is 1. The van der Waals surface area contributed by atoms with E-state index < -0.39 is 0 Å². The lowest BCUT2D eigenvalue weighted by Crippen LogP contribution is -2.39. The lowest BCUT2D eigenvalue weighted by molar-refractivity contribution is 0.0356. The number of methoxy groups -OCH3 is 2. The van der Waals surface area contributed by atoms with Crippen molar-refractivity contribution >= 4 is 5.69 Å². The second-order valence-corrected chi connectivity index (χ2v) is 7.88. The normalized spacial score (nSPS) is 19.0. The van der Waals surface area contributed by atoms with Crippen LogP contribution in [0, 0.1) is 0 Å². The second kappa shape index (κ2) is 10.2. The Bertz CT molecular complexity index is 823. The van der Waals surface area contributed by atoms with Crippen molar-refractivity contribution in [3.05, 3.63) is 53.6 Å². The van der Waals surface area contributed by atoms with Gasteiger partial charge in [0, 0.05) is 51.4 Å². The first kappa shape index (κ1) is 21.0. The van der Waals surface area contributed by atoms with Crippen LogP contribution in [-0.2, 0) is 16.0 Å². The monoisotopic (exact) mass is 412 g/mol. The van der Waals surface area contributed by atoms with Gasteiger partial charge in [-0.2, -0.15) is 0 Å². The third-order valence-electron chi connectivity index (χ3n) is 5.89. The molecule has 0 N–H and O–H groups in total. The van der Waals surface area contributed by atoms with Gasteiger partial charge in [0.25, 0.3) is 0 Å². The molecule has 1 saturated heterocycles. The minimum absolute atomic E-state index is 0.504. The summed E-state index contributed by atoms with van der Waals surface area (Å²) >= 11 is 0. The van der Waals surface area contributed by atoms with Crippen LogP contribution in [0.4, 0.5) is 5.69 Å². The lowest BCUT2D eigenvalue weighted by atomic mass is 10.0. The fourth-order valence-electron chi connectivity index (χ4n) is 4.37. The molecule has 1 atom stereocenters. The molecule has 2 aromatic carbocycles. The van der Waals surface area contributed by atoms with E-state index in [0.717, 1.165) is 57.4 Å². The fourth-order valence-corrected chi connectivity index (χ4v) is 4.37. The van der Waals surface area contributed by atoms with E-state index in [4.69, 9.17) is 18.9 Å². The van der Waals surface area contributed by atoms with Crippen LogP contribution in [0.15, 0.2) is 42.5 Å². The van der Waals surface area contributed by atoms with Crippen molar-refractivity contribution in [3.8, 4) is 11.5 Å². The van der Waals surface area contributed by atoms with E-state index in [0.29, 0.717) is 19.1 Å². The Morgan fingerprint density at radius 2 is 1.83 bits per heavy atom. The zero-order valence-electron chi connectivity index (χ0n) is 18.0. The zero-order chi connectivity index (χ0) is 20.8. The molecule has 6 nitrogen and oxygen atoms in total. The molecule has 0 spiro atoms. The number of benzene rings is 2. The lowest BCUT2D eigenvalue weighted by Gasteiger charge is -2.29. The molecular weight excluding hydrogens is 380 g/mol. The first-order valence-corrected chi connectivity index (χ1v) is 10.7. The predicted octanol–water partition coefficient (Wildman–Crippen LogP) is 3.16. The Morgan fingerprint density at radius 3 is 2.63 bits per heavy atom. The summed E-state index contributed by atoms with van der Waals surface area (Å²) in [6, 6.07) is 15.0. The van der Waals surface area contributed by atoms with E-state index >= 15 is 0 Å². The summed E-state index contributed by atoms with van der Waals surface area (Å²) in [4.78, 5) is 5.02. The van der Waals surface area contributed by atoms with E-state index in [1.165, 1.54) is 16.8 Å². The van der Waals surface area contributed by atoms with Crippen LogP contribution >= 0.6 is 0 Å². The van der Waals surface area contributed by atoms with Crippen LogP contribution in [0.2, 0.25) is 0 Å². The molecule has 0 bridgehead atoms. The number of hydrogen-bond donors (Lipinski definition) is 0. The number of rotatable bonds is 9. The summed E-state index contributed by atoms with van der Waals surface area (Å²) < 4.78 is 22.0. The van der Waals surface area contributed by atoms with Crippen LogP contribution in [0.3, 0.4) is 0 Å². The van der Waals surface area contributed by atoms with Crippen LogP contribution in [-0.4, -0.2) is 71.7 Å². The first-order valence-electron chi connectivity index (χ1n) is 10.7. The van der Waals surface area contributed by atoms with Crippen molar-refractivity contribution in [1.82, 2.24) is 4.90 Å². The standard InChI is InChI=1S/C24H32N2O4/c1-27-13-14-30-24-15-19(7-8-23(24)28-2)16-26-18-20(17-25-9-11-29-12-10-25)21-5-3-4-6-22(21)26/h3-8,15,20H,9-14,16-18H2,1-2H3. The molecule has 0 radical (unpaired) electrons. The van der Waals surface area contributed by atoms with E-state index in [2.05, 4.69) is 46.2 Å². The first-order chi connectivity index (χ1) is 14.8. The van der Waals surface area contributed by atoms with Gasteiger partial charge in [-0.05, 0) is 29.3 Å². The van der Waals surface area contributed by atoms with Gasteiger partial charge in [0.15, 0.2) is 11.5 Å². The summed E-state index contributed by atoms with van der Waals surface area (Å²) in [5, 5.41) is 0. The molecule has 0 amide bonds. The van der Waals surface area contributed by atoms with Gasteiger partial charge in [-0.15, -0.1) is 0 Å². The van der Waals surface area contributed by atoms with Crippen LogP contribution in [0.5, 0.6) is 11.5 Å². The number of morpholine rings is 1. The van der Waals surface area contributed by atoms with Gasteiger partial charge in [0.05, 0.1) is 26.9 Å². The van der Waals surface area contributed by atoms with Gasteiger partial charge >= 0.3 is 0 Å². The maximum absolute atomic E-state index is 5.88. The largest absolute Gasteiger partial charge is 0.493 e. The smallest absolute Gasteiger partial charge is 0.161 e. The third-order valence-corrected chi connectivity index (χ3v) is 5.89. The molecule has 2 aliphatic heterocycles. The van der Waals surface area contributed by atoms with E-state index in [1.54, 1.807) is 14.2 Å². The average Bonchev–Trinajstić information content (AvgIpc) is 3.12. The predicted molar refractivity (Wildman–Crippen MR) is 118 cm³/mol. The van der Waals surface area contributed by atoms with E-state index in [-0.39, 0.29) is 0 Å². The number of hydrogen-bond acceptors (Lipinski definition) is 6. The number of anilines is 1. The van der Waals surface area contributed by atoms with Gasteiger partial charge in [-0.25, -0.2) is 0 Å². The number of ether oxygens (including phenoxy) is 4. The van der Waals surface area contributed by atoms with Gasteiger partial charge in [-0.3, -0.25) is 4.90 Å². The minimum atomic E-state index is 0.504. The highest BCUT2D eigenvalue weighted by atomic mass is 16.5. The van der Waals surface area contributed by atoms with E-state index in [9.17, 15) is 0 Å². The molecule has 0 aliphatic carbocycles. The molecule has 2 heterocycles. The molecule has 0 aromatic heterocycles. The maximum atomic E-state index is 5.88. The summed E-state index contributed by atoms with van der Waals surface area (Å²) in [5.74, 6) is 2.04. The molecule has 4 rings (SSSR count).